The highest BCUT2D eigenvalue weighted by Gasteiger charge is 2.26. The first-order valence-corrected chi connectivity index (χ1v) is 7.30. The monoisotopic (exact) mass is 349 g/mol. The number of halogens is 2. The van der Waals surface area contributed by atoms with Gasteiger partial charge in [-0.05, 0) is 18.2 Å². The summed E-state index contributed by atoms with van der Waals surface area (Å²) in [6, 6.07) is 4.81. The van der Waals surface area contributed by atoms with Crippen LogP contribution in [0.5, 0.6) is 0 Å². The van der Waals surface area contributed by atoms with Gasteiger partial charge in [0.15, 0.2) is 0 Å². The molecule has 3 nitrogen and oxygen atoms in total. The van der Waals surface area contributed by atoms with E-state index in [-0.39, 0.29) is 11.2 Å². The van der Waals surface area contributed by atoms with E-state index in [9.17, 15) is 4.39 Å². The molecule has 0 unspecified atom stereocenters. The van der Waals surface area contributed by atoms with Gasteiger partial charge in [0, 0.05) is 15.5 Å². The Balaban J connectivity index is 2.68. The fraction of sp³-hybridized carbons (Fsp3) is 0.312. The fourth-order valence-electron chi connectivity index (χ4n) is 2.17. The summed E-state index contributed by atoms with van der Waals surface area (Å²) >= 11 is 3.24. The highest BCUT2D eigenvalue weighted by molar-refractivity contribution is 9.10. The minimum atomic E-state index is -0.373. The van der Waals surface area contributed by atoms with Gasteiger partial charge in [-0.25, -0.2) is 9.37 Å². The number of benzene rings is 1. The van der Waals surface area contributed by atoms with Gasteiger partial charge in [0.05, 0.1) is 6.54 Å². The number of anilines is 1. The minimum absolute atomic E-state index is 0.241. The lowest BCUT2D eigenvalue weighted by Crippen LogP contribution is -2.19. The summed E-state index contributed by atoms with van der Waals surface area (Å²) in [5.74, 6) is 3.33. The van der Waals surface area contributed by atoms with Crippen LogP contribution in [-0.4, -0.2) is 9.55 Å². The van der Waals surface area contributed by atoms with Crippen LogP contribution in [0, 0.1) is 18.2 Å². The topological polar surface area (TPSA) is 43.8 Å². The second kappa shape index (κ2) is 5.53. The maximum Gasteiger partial charge on any atom is 0.133 e. The van der Waals surface area contributed by atoms with Crippen molar-refractivity contribution in [1.29, 1.82) is 0 Å². The van der Waals surface area contributed by atoms with Gasteiger partial charge in [0.2, 0.25) is 0 Å². The van der Waals surface area contributed by atoms with Crippen molar-refractivity contribution in [3.63, 3.8) is 0 Å². The SMILES string of the molecule is C#CCn1c(C(C)(C)C)nc(-c2ccc(Br)cc2F)c1N. The van der Waals surface area contributed by atoms with E-state index in [1.165, 1.54) is 6.07 Å². The summed E-state index contributed by atoms with van der Waals surface area (Å²) in [5.41, 5.74) is 6.71. The van der Waals surface area contributed by atoms with Crippen molar-refractivity contribution in [2.24, 2.45) is 0 Å². The molecule has 110 valence electrons. The molecule has 0 saturated heterocycles. The number of terminal acetylenes is 1. The van der Waals surface area contributed by atoms with Crippen molar-refractivity contribution in [3.05, 3.63) is 34.3 Å². The van der Waals surface area contributed by atoms with Crippen LogP contribution >= 0.6 is 15.9 Å². The van der Waals surface area contributed by atoms with Crippen molar-refractivity contribution in [2.75, 3.05) is 5.73 Å². The zero-order chi connectivity index (χ0) is 15.8. The van der Waals surface area contributed by atoms with E-state index in [0.29, 0.717) is 28.1 Å². The largest absolute Gasteiger partial charge is 0.383 e. The number of nitrogens with two attached hydrogens (primary N) is 1. The number of rotatable bonds is 2. The third-order valence-electron chi connectivity index (χ3n) is 3.11. The standard InChI is InChI=1S/C16H17BrFN3/c1-5-8-21-14(19)13(20-15(21)16(2,3)4)11-7-6-10(17)9-12(11)18/h1,6-7,9H,8,19H2,2-4H3. The number of nitrogens with zero attached hydrogens (tertiary/aromatic N) is 2. The predicted molar refractivity (Wildman–Crippen MR) is 87.3 cm³/mol. The normalized spacial score (nSPS) is 11.4. The Morgan fingerprint density at radius 3 is 2.62 bits per heavy atom. The van der Waals surface area contributed by atoms with Crippen LogP contribution in [0.4, 0.5) is 10.2 Å². The average molecular weight is 350 g/mol. The van der Waals surface area contributed by atoms with Gasteiger partial charge in [0.25, 0.3) is 0 Å². The van der Waals surface area contributed by atoms with Crippen LogP contribution < -0.4 is 5.73 Å². The molecule has 1 heterocycles. The Bertz CT molecular complexity index is 720. The zero-order valence-corrected chi connectivity index (χ0v) is 13.8. The molecule has 2 N–H and O–H groups in total. The third-order valence-corrected chi connectivity index (χ3v) is 3.61. The molecule has 0 radical (unpaired) electrons. The summed E-state index contributed by atoms with van der Waals surface area (Å²) in [7, 11) is 0. The lowest BCUT2D eigenvalue weighted by atomic mass is 9.95. The molecule has 21 heavy (non-hydrogen) atoms. The molecule has 0 bridgehead atoms. The number of aromatic nitrogens is 2. The number of hydrogen-bond donors (Lipinski definition) is 1. The minimum Gasteiger partial charge on any atom is -0.383 e. The summed E-state index contributed by atoms with van der Waals surface area (Å²) < 4.78 is 16.6. The third kappa shape index (κ3) is 2.96. The summed E-state index contributed by atoms with van der Waals surface area (Å²) in [6.45, 7) is 6.36. The molecule has 5 heteroatoms. The van der Waals surface area contributed by atoms with Crippen LogP contribution in [0.15, 0.2) is 22.7 Å². The zero-order valence-electron chi connectivity index (χ0n) is 12.2. The van der Waals surface area contributed by atoms with E-state index in [4.69, 9.17) is 12.2 Å². The van der Waals surface area contributed by atoms with Crippen LogP contribution in [0.2, 0.25) is 0 Å². The first kappa shape index (κ1) is 15.6. The van der Waals surface area contributed by atoms with Gasteiger partial charge >= 0.3 is 0 Å². The van der Waals surface area contributed by atoms with Crippen molar-refractivity contribution >= 4 is 21.7 Å². The van der Waals surface area contributed by atoms with Crippen molar-refractivity contribution in [2.45, 2.75) is 32.7 Å². The first-order valence-electron chi connectivity index (χ1n) is 6.51. The highest BCUT2D eigenvalue weighted by atomic mass is 79.9. The van der Waals surface area contributed by atoms with E-state index < -0.39 is 0 Å². The summed E-state index contributed by atoms with van der Waals surface area (Å²) in [6.07, 6.45) is 5.40. The summed E-state index contributed by atoms with van der Waals surface area (Å²) in [5, 5.41) is 0. The van der Waals surface area contributed by atoms with Crippen LogP contribution in [0.25, 0.3) is 11.3 Å². The lowest BCUT2D eigenvalue weighted by Gasteiger charge is -2.18. The van der Waals surface area contributed by atoms with E-state index in [2.05, 4.69) is 26.8 Å². The Morgan fingerprint density at radius 2 is 2.10 bits per heavy atom. The molecule has 0 aliphatic rings. The Labute approximate surface area is 132 Å². The highest BCUT2D eigenvalue weighted by Crippen LogP contribution is 2.33. The molecule has 1 aromatic carbocycles. The van der Waals surface area contributed by atoms with Gasteiger partial charge in [-0.15, -0.1) is 6.42 Å². The van der Waals surface area contributed by atoms with Crippen LogP contribution in [0.1, 0.15) is 26.6 Å². The Morgan fingerprint density at radius 1 is 1.43 bits per heavy atom. The quantitative estimate of drug-likeness (QED) is 0.833. The molecule has 0 saturated carbocycles. The van der Waals surface area contributed by atoms with Crippen LogP contribution in [-0.2, 0) is 12.0 Å². The molecule has 1 aromatic heterocycles. The molecule has 2 aromatic rings. The molecular formula is C16H17BrFN3. The molecular weight excluding hydrogens is 333 g/mol. The first-order chi connectivity index (χ1) is 9.75. The molecule has 0 fully saturated rings. The van der Waals surface area contributed by atoms with E-state index in [1.54, 1.807) is 16.7 Å². The van der Waals surface area contributed by atoms with Gasteiger partial charge < -0.3 is 10.3 Å². The summed E-state index contributed by atoms with van der Waals surface area (Å²) in [4.78, 5) is 4.55. The molecule has 0 spiro atoms. The molecule has 0 amide bonds. The smallest absolute Gasteiger partial charge is 0.133 e. The van der Waals surface area contributed by atoms with Crippen molar-refractivity contribution < 1.29 is 4.39 Å². The molecule has 0 aliphatic heterocycles. The van der Waals surface area contributed by atoms with E-state index >= 15 is 0 Å². The molecule has 0 aliphatic carbocycles. The maximum atomic E-state index is 14.2. The van der Waals surface area contributed by atoms with Crippen LogP contribution in [0.3, 0.4) is 0 Å². The van der Waals surface area contributed by atoms with Gasteiger partial charge in [-0.3, -0.25) is 0 Å². The predicted octanol–water partition coefficient (Wildman–Crippen LogP) is 3.96. The maximum absolute atomic E-state index is 14.2. The van der Waals surface area contributed by atoms with Gasteiger partial charge in [0.1, 0.15) is 23.2 Å². The lowest BCUT2D eigenvalue weighted by molar-refractivity contribution is 0.517. The fourth-order valence-corrected chi connectivity index (χ4v) is 2.50. The molecule has 0 atom stereocenters. The van der Waals surface area contributed by atoms with Gasteiger partial charge in [-0.1, -0.05) is 42.6 Å². The molecule has 2 rings (SSSR count). The van der Waals surface area contributed by atoms with Crippen molar-refractivity contribution in [3.8, 4) is 23.6 Å². The number of nitrogen functional groups attached to an aromatic ring is 1. The van der Waals surface area contributed by atoms with Gasteiger partial charge in [-0.2, -0.15) is 0 Å². The Kier molecular flexibility index (Phi) is 4.11. The second-order valence-electron chi connectivity index (χ2n) is 5.83. The van der Waals surface area contributed by atoms with E-state index in [1.807, 2.05) is 20.8 Å². The number of imidazole rings is 1. The Hall–Kier alpha value is -1.80. The van der Waals surface area contributed by atoms with Crippen molar-refractivity contribution in [1.82, 2.24) is 9.55 Å². The second-order valence-corrected chi connectivity index (χ2v) is 6.75. The number of hydrogen-bond acceptors (Lipinski definition) is 2. The average Bonchev–Trinajstić information content (AvgIpc) is 2.68. The van der Waals surface area contributed by atoms with E-state index in [0.717, 1.165) is 5.82 Å².